The lowest BCUT2D eigenvalue weighted by molar-refractivity contribution is -0.117. The molecule has 0 unspecified atom stereocenters. The molecule has 0 aliphatic heterocycles. The van der Waals surface area contributed by atoms with Gasteiger partial charge in [0.2, 0.25) is 11.8 Å². The molecule has 0 fully saturated rings. The summed E-state index contributed by atoms with van der Waals surface area (Å²) in [6.45, 7) is 5.99. The van der Waals surface area contributed by atoms with Gasteiger partial charge in [-0.1, -0.05) is 29.8 Å². The minimum Gasteiger partial charge on any atom is -0.409 e. The molecule has 128 valence electrons. The Bertz CT molecular complexity index is 971. The number of aromatic nitrogens is 2. The van der Waals surface area contributed by atoms with Gasteiger partial charge in [-0.3, -0.25) is 4.79 Å². The van der Waals surface area contributed by atoms with E-state index in [1.54, 1.807) is 0 Å². The first-order valence-electron chi connectivity index (χ1n) is 7.95. The number of benzene rings is 2. The molecule has 25 heavy (non-hydrogen) atoms. The maximum atomic E-state index is 12.3. The van der Waals surface area contributed by atoms with Crippen molar-refractivity contribution >= 4 is 23.8 Å². The number of anilines is 1. The van der Waals surface area contributed by atoms with E-state index < -0.39 is 0 Å². The van der Waals surface area contributed by atoms with E-state index in [1.165, 1.54) is 4.68 Å². The van der Waals surface area contributed by atoms with E-state index in [4.69, 9.17) is 16.6 Å². The second-order valence-corrected chi connectivity index (χ2v) is 6.34. The zero-order valence-corrected chi connectivity index (χ0v) is 15.2. The molecule has 1 amide bonds. The topological polar surface area (TPSA) is 60.1 Å². The first-order valence-corrected chi connectivity index (χ1v) is 8.36. The van der Waals surface area contributed by atoms with Gasteiger partial charge in [0.25, 0.3) is 4.84 Å². The highest BCUT2D eigenvalue weighted by molar-refractivity contribution is 7.71. The van der Waals surface area contributed by atoms with Crippen molar-refractivity contribution in [2.24, 2.45) is 0 Å². The van der Waals surface area contributed by atoms with Gasteiger partial charge in [0, 0.05) is 11.3 Å². The van der Waals surface area contributed by atoms with Crippen LogP contribution >= 0.6 is 12.2 Å². The molecule has 2 aromatic carbocycles. The molecule has 6 heteroatoms. The Morgan fingerprint density at radius 3 is 2.60 bits per heavy atom. The Balaban J connectivity index is 1.77. The van der Waals surface area contributed by atoms with E-state index >= 15 is 0 Å². The molecule has 0 atom stereocenters. The van der Waals surface area contributed by atoms with Crippen LogP contribution in [0.5, 0.6) is 0 Å². The van der Waals surface area contributed by atoms with E-state index in [-0.39, 0.29) is 17.3 Å². The lowest BCUT2D eigenvalue weighted by atomic mass is 10.1. The van der Waals surface area contributed by atoms with Crippen LogP contribution in [0.2, 0.25) is 0 Å². The van der Waals surface area contributed by atoms with E-state index in [9.17, 15) is 4.79 Å². The average Bonchev–Trinajstić information content (AvgIpc) is 2.93. The molecule has 0 radical (unpaired) electrons. The highest BCUT2D eigenvalue weighted by Gasteiger charge is 2.12. The average molecular weight is 353 g/mol. The largest absolute Gasteiger partial charge is 0.409 e. The number of hydrogen-bond acceptors (Lipinski definition) is 4. The van der Waals surface area contributed by atoms with E-state index in [1.807, 2.05) is 63.2 Å². The summed E-state index contributed by atoms with van der Waals surface area (Å²) in [6, 6.07) is 13.6. The third kappa shape index (κ3) is 3.85. The van der Waals surface area contributed by atoms with Crippen LogP contribution in [0.1, 0.15) is 16.7 Å². The highest BCUT2D eigenvalue weighted by atomic mass is 32.1. The number of amides is 1. The van der Waals surface area contributed by atoms with Gasteiger partial charge in [-0.15, -0.1) is 5.10 Å². The number of aryl methyl sites for hydroxylation is 2. The fourth-order valence-corrected chi connectivity index (χ4v) is 2.62. The van der Waals surface area contributed by atoms with Gasteiger partial charge in [0.15, 0.2) is 0 Å². The second-order valence-electron chi connectivity index (χ2n) is 5.99. The first kappa shape index (κ1) is 17.1. The van der Waals surface area contributed by atoms with Crippen LogP contribution in [0, 0.1) is 25.6 Å². The molecule has 1 N–H and O–H groups in total. The Morgan fingerprint density at radius 2 is 1.88 bits per heavy atom. The van der Waals surface area contributed by atoms with E-state index in [0.29, 0.717) is 5.89 Å². The van der Waals surface area contributed by atoms with Crippen LogP contribution < -0.4 is 5.32 Å². The van der Waals surface area contributed by atoms with Crippen LogP contribution in [-0.2, 0) is 11.3 Å². The van der Waals surface area contributed by atoms with Crippen molar-refractivity contribution in [1.29, 1.82) is 0 Å². The Kier molecular flexibility index (Phi) is 4.81. The normalized spacial score (nSPS) is 10.7. The molecular formula is C19H19N3O2S. The van der Waals surface area contributed by atoms with Crippen LogP contribution in [0.4, 0.5) is 5.69 Å². The number of hydrogen-bond donors (Lipinski definition) is 1. The Morgan fingerprint density at radius 1 is 1.16 bits per heavy atom. The number of nitrogens with zero attached hydrogens (tertiary/aromatic N) is 2. The lowest BCUT2D eigenvalue weighted by Crippen LogP contribution is -2.20. The molecule has 0 aliphatic rings. The van der Waals surface area contributed by atoms with Gasteiger partial charge in [0.1, 0.15) is 6.54 Å². The predicted octanol–water partition coefficient (Wildman–Crippen LogP) is 4.44. The van der Waals surface area contributed by atoms with Crippen LogP contribution in [0.3, 0.4) is 0 Å². The Hall–Kier alpha value is -2.73. The maximum Gasteiger partial charge on any atom is 0.287 e. The molecule has 0 aliphatic carbocycles. The van der Waals surface area contributed by atoms with Crippen LogP contribution in [0.15, 0.2) is 46.9 Å². The second kappa shape index (κ2) is 7.03. The van der Waals surface area contributed by atoms with Gasteiger partial charge in [-0.25, -0.2) is 4.68 Å². The number of carbonyl (C=O) groups is 1. The monoisotopic (exact) mass is 353 g/mol. The highest BCUT2D eigenvalue weighted by Crippen LogP contribution is 2.19. The van der Waals surface area contributed by atoms with Crippen molar-refractivity contribution in [3.8, 4) is 11.5 Å². The quantitative estimate of drug-likeness (QED) is 0.705. The molecule has 0 spiro atoms. The molecule has 0 bridgehead atoms. The molecule has 1 heterocycles. The third-order valence-electron chi connectivity index (χ3n) is 4.08. The lowest BCUT2D eigenvalue weighted by Gasteiger charge is -2.09. The fourth-order valence-electron chi connectivity index (χ4n) is 2.43. The van der Waals surface area contributed by atoms with Crippen LogP contribution in [0.25, 0.3) is 11.5 Å². The van der Waals surface area contributed by atoms with E-state index in [0.717, 1.165) is 27.9 Å². The Labute approximate surface area is 151 Å². The van der Waals surface area contributed by atoms with Gasteiger partial charge in [0.05, 0.1) is 0 Å². The number of carbonyl (C=O) groups excluding carboxylic acids is 1. The molecule has 3 aromatic rings. The zero-order valence-electron chi connectivity index (χ0n) is 14.4. The molecule has 0 saturated heterocycles. The smallest absolute Gasteiger partial charge is 0.287 e. The molecule has 5 nitrogen and oxygen atoms in total. The molecule has 1 aromatic heterocycles. The van der Waals surface area contributed by atoms with Gasteiger partial charge >= 0.3 is 0 Å². The van der Waals surface area contributed by atoms with Crippen molar-refractivity contribution < 1.29 is 9.21 Å². The summed E-state index contributed by atoms with van der Waals surface area (Å²) in [6.07, 6.45) is 0. The summed E-state index contributed by atoms with van der Waals surface area (Å²) < 4.78 is 6.92. The third-order valence-corrected chi connectivity index (χ3v) is 4.37. The zero-order chi connectivity index (χ0) is 18.0. The predicted molar refractivity (Wildman–Crippen MR) is 100 cm³/mol. The summed E-state index contributed by atoms with van der Waals surface area (Å²) in [4.78, 5) is 12.5. The molecule has 0 saturated carbocycles. The minimum absolute atomic E-state index is 0.00156. The summed E-state index contributed by atoms with van der Waals surface area (Å²) in [7, 11) is 0. The van der Waals surface area contributed by atoms with Crippen molar-refractivity contribution in [3.63, 3.8) is 0 Å². The van der Waals surface area contributed by atoms with Crippen molar-refractivity contribution in [2.45, 2.75) is 27.3 Å². The SMILES string of the molecule is Cc1ccc(-c2nn(CC(=O)Nc3cccc(C)c3C)c(=S)o2)cc1. The van der Waals surface area contributed by atoms with Gasteiger partial charge in [-0.2, -0.15) is 0 Å². The van der Waals surface area contributed by atoms with Crippen molar-refractivity contribution in [2.75, 3.05) is 5.32 Å². The molecule has 3 rings (SSSR count). The minimum atomic E-state index is -0.200. The van der Waals surface area contributed by atoms with E-state index in [2.05, 4.69) is 10.4 Å². The maximum absolute atomic E-state index is 12.3. The summed E-state index contributed by atoms with van der Waals surface area (Å²) in [5, 5.41) is 7.21. The number of nitrogens with one attached hydrogen (secondary N) is 1. The summed E-state index contributed by atoms with van der Waals surface area (Å²) >= 11 is 5.18. The van der Waals surface area contributed by atoms with Crippen molar-refractivity contribution in [1.82, 2.24) is 9.78 Å². The van der Waals surface area contributed by atoms with Crippen molar-refractivity contribution in [3.05, 3.63) is 64.0 Å². The van der Waals surface area contributed by atoms with Gasteiger partial charge in [-0.05, 0) is 62.3 Å². The molecular weight excluding hydrogens is 334 g/mol. The summed E-state index contributed by atoms with van der Waals surface area (Å²) in [5.41, 5.74) is 4.93. The summed E-state index contributed by atoms with van der Waals surface area (Å²) in [5.74, 6) is 0.207. The standard InChI is InChI=1S/C19H19N3O2S/c1-12-7-9-15(10-8-12)18-21-22(19(25)24-18)11-17(23)20-16-6-4-5-13(2)14(16)3/h4-10H,11H2,1-3H3,(H,20,23). The first-order chi connectivity index (χ1) is 11.9. The fraction of sp³-hybridized carbons (Fsp3) is 0.211. The van der Waals surface area contributed by atoms with Gasteiger partial charge < -0.3 is 9.73 Å². The number of rotatable bonds is 4. The van der Waals surface area contributed by atoms with Crippen LogP contribution in [-0.4, -0.2) is 15.7 Å².